The molecule has 0 spiro atoms. The van der Waals surface area contributed by atoms with E-state index in [1.807, 2.05) is 36.4 Å². The topological polar surface area (TPSA) is 95.0 Å². The second-order valence-electron chi connectivity index (χ2n) is 13.8. The van der Waals surface area contributed by atoms with Gasteiger partial charge in [0.15, 0.2) is 0 Å². The smallest absolute Gasteiger partial charge is 0.241 e. The molecule has 7 nitrogen and oxygen atoms in total. The minimum atomic E-state index is -1.34. The number of carbonyl (C=O) groups excluding carboxylic acids is 4. The summed E-state index contributed by atoms with van der Waals surface area (Å²) in [5.41, 5.74) is 0.173. The number of allylic oxidation sites excluding steroid dienone is 2. The monoisotopic (exact) mass is 640 g/mol. The lowest BCUT2D eigenvalue weighted by atomic mass is 9.51. The molecular weight excluding hydrogens is 607 g/mol. The molecule has 2 heterocycles. The van der Waals surface area contributed by atoms with Crippen LogP contribution < -0.4 is 4.90 Å². The van der Waals surface area contributed by atoms with Crippen LogP contribution in [0.5, 0.6) is 5.75 Å². The number of amides is 4. The molecule has 236 valence electrons. The molecule has 2 aliphatic heterocycles. The molecule has 5 aliphatic rings. The van der Waals surface area contributed by atoms with E-state index in [-0.39, 0.29) is 40.7 Å². The third-order valence-electron chi connectivity index (χ3n) is 11.6. The number of carbonyl (C=O) groups is 4. The molecule has 3 aromatic carbocycles. The number of imide groups is 2. The number of hydrogen-bond donors (Lipinski definition) is 1. The Kier molecular flexibility index (Phi) is 6.70. The fourth-order valence-corrected chi connectivity index (χ4v) is 9.68. The number of likely N-dealkylation sites (tertiary alicyclic amines) is 1. The van der Waals surface area contributed by atoms with Crippen molar-refractivity contribution >= 4 is 51.7 Å². The minimum absolute atomic E-state index is 0.00599. The molecule has 0 aromatic heterocycles. The molecule has 3 aromatic rings. The molecule has 4 amide bonds. The van der Waals surface area contributed by atoms with Crippen LogP contribution in [0.3, 0.4) is 0 Å². The van der Waals surface area contributed by atoms with Crippen LogP contribution in [0.1, 0.15) is 63.4 Å². The zero-order chi connectivity index (χ0) is 32.1. The standard InChI is InChI=1S/C37H34ClFN2O5/c1-37-26(34(44)41(36(37)46)21-12-15-28(39)27(38)17-21)18-25-23(32(37)31-22-10-6-5-7-19(22)11-16-29(31)42)13-14-24-30(25)35(45)40(33(24)43)20-8-3-2-4-9-20/h5-7,10-13,15-17,20,24-26,30,32,42H,2-4,8-9,14,18H2,1H3/t24-,25+,26-,30-,32+,37+/m0/s1. The molecule has 6 atom stereocenters. The van der Waals surface area contributed by atoms with E-state index >= 15 is 0 Å². The lowest BCUT2D eigenvalue weighted by Crippen LogP contribution is -2.49. The highest BCUT2D eigenvalue weighted by Crippen LogP contribution is 2.65. The summed E-state index contributed by atoms with van der Waals surface area (Å²) in [5.74, 6) is -5.17. The number of fused-ring (bicyclic) bond motifs is 5. The van der Waals surface area contributed by atoms with Gasteiger partial charge in [-0.2, -0.15) is 0 Å². The fraction of sp³-hybridized carbons (Fsp3) is 0.405. The van der Waals surface area contributed by atoms with Crippen LogP contribution in [-0.4, -0.2) is 39.7 Å². The van der Waals surface area contributed by atoms with Crippen molar-refractivity contribution in [1.82, 2.24) is 4.90 Å². The lowest BCUT2D eigenvalue weighted by molar-refractivity contribution is -0.144. The molecule has 46 heavy (non-hydrogen) atoms. The third kappa shape index (κ3) is 3.95. The number of halogens is 2. The van der Waals surface area contributed by atoms with Gasteiger partial charge < -0.3 is 5.11 Å². The van der Waals surface area contributed by atoms with Crippen molar-refractivity contribution in [3.8, 4) is 5.75 Å². The van der Waals surface area contributed by atoms with E-state index in [0.717, 1.165) is 59.4 Å². The van der Waals surface area contributed by atoms with Crippen LogP contribution in [-0.2, 0) is 19.2 Å². The maximum atomic E-state index is 14.7. The normalized spacial score (nSPS) is 31.3. The summed E-state index contributed by atoms with van der Waals surface area (Å²) >= 11 is 6.11. The number of phenolic OH excluding ortho intramolecular Hbond substituents is 1. The Hall–Kier alpha value is -4.04. The van der Waals surface area contributed by atoms with E-state index in [2.05, 4.69) is 0 Å². The number of nitrogens with zero attached hydrogens (tertiary/aromatic N) is 2. The average molecular weight is 641 g/mol. The zero-order valence-corrected chi connectivity index (χ0v) is 26.2. The van der Waals surface area contributed by atoms with Gasteiger partial charge in [0.25, 0.3) is 0 Å². The summed E-state index contributed by atoms with van der Waals surface area (Å²) in [7, 11) is 0. The third-order valence-corrected chi connectivity index (χ3v) is 11.9. The zero-order valence-electron chi connectivity index (χ0n) is 25.4. The van der Waals surface area contributed by atoms with Gasteiger partial charge in [-0.3, -0.25) is 24.1 Å². The maximum absolute atomic E-state index is 14.7. The van der Waals surface area contributed by atoms with E-state index in [1.54, 1.807) is 13.0 Å². The van der Waals surface area contributed by atoms with Crippen molar-refractivity contribution in [3.63, 3.8) is 0 Å². The highest BCUT2D eigenvalue weighted by atomic mass is 35.5. The van der Waals surface area contributed by atoms with Gasteiger partial charge in [-0.05, 0) is 73.6 Å². The molecule has 4 fully saturated rings. The van der Waals surface area contributed by atoms with Gasteiger partial charge in [0.05, 0.1) is 33.9 Å². The van der Waals surface area contributed by atoms with E-state index in [4.69, 9.17) is 11.6 Å². The van der Waals surface area contributed by atoms with Crippen molar-refractivity contribution in [1.29, 1.82) is 0 Å². The van der Waals surface area contributed by atoms with Crippen molar-refractivity contribution in [2.45, 2.75) is 63.8 Å². The summed E-state index contributed by atoms with van der Waals surface area (Å²) in [6.45, 7) is 1.77. The molecule has 8 rings (SSSR count). The first-order valence-corrected chi connectivity index (χ1v) is 16.6. The summed E-state index contributed by atoms with van der Waals surface area (Å²) < 4.78 is 14.2. The van der Waals surface area contributed by atoms with Crippen LogP contribution in [0.25, 0.3) is 10.8 Å². The van der Waals surface area contributed by atoms with Gasteiger partial charge >= 0.3 is 0 Å². The summed E-state index contributed by atoms with van der Waals surface area (Å²) in [6, 6.07) is 14.7. The predicted molar refractivity (Wildman–Crippen MR) is 170 cm³/mol. The van der Waals surface area contributed by atoms with Gasteiger partial charge in [-0.1, -0.05) is 72.8 Å². The quantitative estimate of drug-likeness (QED) is 0.248. The van der Waals surface area contributed by atoms with Crippen molar-refractivity contribution in [2.75, 3.05) is 4.90 Å². The largest absolute Gasteiger partial charge is 0.508 e. The number of rotatable bonds is 3. The summed E-state index contributed by atoms with van der Waals surface area (Å²) in [5, 5.41) is 13.0. The van der Waals surface area contributed by atoms with E-state index in [1.165, 1.54) is 17.0 Å². The first-order valence-electron chi connectivity index (χ1n) is 16.2. The van der Waals surface area contributed by atoms with Crippen molar-refractivity contribution < 1.29 is 28.7 Å². The van der Waals surface area contributed by atoms with Crippen LogP contribution in [0.15, 0.2) is 66.2 Å². The Morgan fingerprint density at radius 2 is 1.67 bits per heavy atom. The summed E-state index contributed by atoms with van der Waals surface area (Å²) in [4.78, 5) is 59.9. The predicted octanol–water partition coefficient (Wildman–Crippen LogP) is 6.90. The number of hydrogen-bond acceptors (Lipinski definition) is 5. The Labute approximate surface area is 271 Å². The number of phenols is 1. The molecule has 9 heteroatoms. The second-order valence-corrected chi connectivity index (χ2v) is 14.2. The Bertz CT molecular complexity index is 1880. The summed E-state index contributed by atoms with van der Waals surface area (Å²) in [6.07, 6.45) is 7.22. The molecule has 0 radical (unpaired) electrons. The van der Waals surface area contributed by atoms with Crippen LogP contribution in [0, 0.1) is 34.9 Å². The van der Waals surface area contributed by atoms with E-state index < -0.39 is 52.6 Å². The van der Waals surface area contributed by atoms with Crippen LogP contribution in [0.2, 0.25) is 5.02 Å². The molecule has 2 saturated heterocycles. The van der Waals surface area contributed by atoms with Gasteiger partial charge in [-0.25, -0.2) is 9.29 Å². The van der Waals surface area contributed by atoms with Crippen LogP contribution >= 0.6 is 11.6 Å². The van der Waals surface area contributed by atoms with Gasteiger partial charge in [0.2, 0.25) is 23.6 Å². The van der Waals surface area contributed by atoms with Crippen LogP contribution in [0.4, 0.5) is 10.1 Å². The highest BCUT2D eigenvalue weighted by Gasteiger charge is 2.68. The Morgan fingerprint density at radius 1 is 0.913 bits per heavy atom. The SMILES string of the molecule is C[C@@]12C(=O)N(c3ccc(F)c(Cl)c3)C(=O)[C@@H]1C[C@@H]1C(=CC[C@@H]3C(=O)N(C4CCCCC4)C(=O)[C@@H]31)[C@@H]2c1c(O)ccc2ccccc12. The van der Waals surface area contributed by atoms with Gasteiger partial charge in [-0.15, -0.1) is 0 Å². The van der Waals surface area contributed by atoms with Gasteiger partial charge in [0.1, 0.15) is 11.6 Å². The number of aromatic hydroxyl groups is 1. The Balaban J connectivity index is 1.31. The second kappa shape index (κ2) is 10.5. The Morgan fingerprint density at radius 3 is 2.43 bits per heavy atom. The number of anilines is 1. The van der Waals surface area contributed by atoms with E-state index in [9.17, 15) is 28.7 Å². The molecule has 1 N–H and O–H groups in total. The minimum Gasteiger partial charge on any atom is -0.508 e. The molecule has 3 aliphatic carbocycles. The molecule has 2 saturated carbocycles. The first kappa shape index (κ1) is 29.4. The average Bonchev–Trinajstić information content (AvgIpc) is 3.43. The molecular formula is C37H34ClFN2O5. The van der Waals surface area contributed by atoms with Gasteiger partial charge in [0, 0.05) is 17.5 Å². The molecule has 0 bridgehead atoms. The fourth-order valence-electron chi connectivity index (χ4n) is 9.50. The molecule has 0 unspecified atom stereocenters. The first-order chi connectivity index (χ1) is 22.1. The highest BCUT2D eigenvalue weighted by molar-refractivity contribution is 6.31. The number of benzene rings is 3. The maximum Gasteiger partial charge on any atom is 0.241 e. The lowest BCUT2D eigenvalue weighted by Gasteiger charge is -2.49. The van der Waals surface area contributed by atoms with Crippen molar-refractivity contribution in [2.24, 2.45) is 29.1 Å². The van der Waals surface area contributed by atoms with E-state index in [0.29, 0.717) is 12.0 Å². The van der Waals surface area contributed by atoms with Crippen molar-refractivity contribution in [3.05, 3.63) is 82.6 Å².